The number of hydrogen-bond donors (Lipinski definition) is 1. The summed E-state index contributed by atoms with van der Waals surface area (Å²) in [7, 11) is 0. The summed E-state index contributed by atoms with van der Waals surface area (Å²) in [5, 5.41) is 9.80. The zero-order valence-electron chi connectivity index (χ0n) is 13.2. The number of ether oxygens (including phenoxy) is 2. The van der Waals surface area contributed by atoms with Crippen LogP contribution in [-0.2, 0) is 19.2 Å². The summed E-state index contributed by atoms with van der Waals surface area (Å²) in [5.41, 5.74) is 2.32. The van der Waals surface area contributed by atoms with Crippen LogP contribution < -0.4 is 0 Å². The van der Waals surface area contributed by atoms with E-state index < -0.39 is 6.10 Å². The van der Waals surface area contributed by atoms with Gasteiger partial charge in [0.1, 0.15) is 25.9 Å². The van der Waals surface area contributed by atoms with Crippen LogP contribution in [0.3, 0.4) is 0 Å². The summed E-state index contributed by atoms with van der Waals surface area (Å²) >= 11 is 0. The van der Waals surface area contributed by atoms with Crippen molar-refractivity contribution in [2.75, 3.05) is 19.8 Å². The minimum Gasteiger partial charge on any atom is -0.495 e. The van der Waals surface area contributed by atoms with E-state index >= 15 is 0 Å². The molecule has 1 N–H and O–H groups in total. The van der Waals surface area contributed by atoms with Gasteiger partial charge in [-0.2, -0.15) is 0 Å². The molecular formula is C17H24O5. The monoisotopic (exact) mass is 308 g/mol. The lowest BCUT2D eigenvalue weighted by Gasteiger charge is -2.14. The molecule has 0 amide bonds. The highest BCUT2D eigenvalue weighted by Gasteiger charge is 2.25. The first-order valence-electron chi connectivity index (χ1n) is 7.65. The summed E-state index contributed by atoms with van der Waals surface area (Å²) in [6, 6.07) is 8.24. The van der Waals surface area contributed by atoms with Crippen LogP contribution in [-0.4, -0.2) is 37.3 Å². The predicted octanol–water partition coefficient (Wildman–Crippen LogP) is 2.82. The Morgan fingerprint density at radius 2 is 2.09 bits per heavy atom. The lowest BCUT2D eigenvalue weighted by molar-refractivity contribution is -0.329. The van der Waals surface area contributed by atoms with Crippen LogP contribution in [0.4, 0.5) is 0 Å². The van der Waals surface area contributed by atoms with Gasteiger partial charge in [0.15, 0.2) is 0 Å². The Morgan fingerprint density at radius 1 is 1.36 bits per heavy atom. The molecule has 0 radical (unpaired) electrons. The lowest BCUT2D eigenvalue weighted by atomic mass is 10.1. The molecule has 1 saturated heterocycles. The molecule has 0 bridgehead atoms. The van der Waals surface area contributed by atoms with Gasteiger partial charge >= 0.3 is 0 Å². The summed E-state index contributed by atoms with van der Waals surface area (Å²) in [4.78, 5) is 9.70. The molecule has 122 valence electrons. The van der Waals surface area contributed by atoms with E-state index in [1.54, 1.807) is 0 Å². The van der Waals surface area contributed by atoms with Crippen LogP contribution in [0.15, 0.2) is 30.0 Å². The number of benzene rings is 1. The van der Waals surface area contributed by atoms with Gasteiger partial charge in [0, 0.05) is 6.42 Å². The van der Waals surface area contributed by atoms with E-state index in [0.717, 1.165) is 24.2 Å². The Hall–Kier alpha value is -1.40. The van der Waals surface area contributed by atoms with Crippen molar-refractivity contribution in [2.45, 2.75) is 39.1 Å². The first kappa shape index (κ1) is 17.0. The molecule has 2 unspecified atom stereocenters. The molecule has 1 aromatic carbocycles. The van der Waals surface area contributed by atoms with Gasteiger partial charge < -0.3 is 14.6 Å². The van der Waals surface area contributed by atoms with Crippen molar-refractivity contribution in [2.24, 2.45) is 0 Å². The van der Waals surface area contributed by atoms with Gasteiger partial charge in [0.05, 0.1) is 5.76 Å². The molecule has 1 aliphatic heterocycles. The molecule has 1 fully saturated rings. The number of rotatable bonds is 10. The minimum atomic E-state index is -0.739. The van der Waals surface area contributed by atoms with Gasteiger partial charge in [-0.3, -0.25) is 0 Å². The van der Waals surface area contributed by atoms with Crippen LogP contribution in [0.2, 0.25) is 0 Å². The van der Waals surface area contributed by atoms with Crippen LogP contribution >= 0.6 is 0 Å². The maximum atomic E-state index is 9.80. The Bertz CT molecular complexity index is 464. The topological polar surface area (TPSA) is 60.5 Å². The van der Waals surface area contributed by atoms with E-state index in [9.17, 15) is 5.11 Å². The molecule has 5 heteroatoms. The first-order valence-corrected chi connectivity index (χ1v) is 7.65. The highest BCUT2D eigenvalue weighted by Crippen LogP contribution is 2.15. The fourth-order valence-corrected chi connectivity index (χ4v) is 1.82. The molecule has 2 rings (SSSR count). The second kappa shape index (κ2) is 8.90. The Labute approximate surface area is 131 Å². The van der Waals surface area contributed by atoms with E-state index in [0.29, 0.717) is 6.61 Å². The van der Waals surface area contributed by atoms with Crippen LogP contribution in [0, 0.1) is 6.92 Å². The average Bonchev–Trinajstić information content (AvgIpc) is 3.31. The maximum absolute atomic E-state index is 9.80. The molecule has 5 nitrogen and oxygen atoms in total. The minimum absolute atomic E-state index is 0.0593. The normalized spacial score (nSPS) is 19.0. The van der Waals surface area contributed by atoms with E-state index in [1.165, 1.54) is 5.56 Å². The number of aryl methyl sites for hydroxylation is 1. The Kier molecular flexibility index (Phi) is 6.86. The Balaban J connectivity index is 1.78. The van der Waals surface area contributed by atoms with E-state index in [1.807, 2.05) is 6.08 Å². The van der Waals surface area contributed by atoms with Gasteiger partial charge in [-0.15, -0.1) is 0 Å². The van der Waals surface area contributed by atoms with Gasteiger partial charge in [-0.05, 0) is 25.0 Å². The second-order valence-electron chi connectivity index (χ2n) is 5.38. The predicted molar refractivity (Wildman–Crippen MR) is 82.8 cm³/mol. The zero-order chi connectivity index (χ0) is 15.8. The zero-order valence-corrected chi connectivity index (χ0v) is 13.2. The lowest BCUT2D eigenvalue weighted by Crippen LogP contribution is -2.22. The molecule has 22 heavy (non-hydrogen) atoms. The second-order valence-corrected chi connectivity index (χ2v) is 5.38. The standard InChI is InChI=1S/C17H24O5/c1-3-4-16(9-14-7-5-13(2)6-8-14)19-10-15(18)11-21-22-17-12-20-17/h5-9,15,17-18H,3-4,10-12H2,1-2H3/b16-9+. The first-order chi connectivity index (χ1) is 10.7. The van der Waals surface area contributed by atoms with Gasteiger partial charge in [-0.25, -0.2) is 9.78 Å². The van der Waals surface area contributed by atoms with Crippen molar-refractivity contribution in [3.8, 4) is 0 Å². The third-order valence-electron chi connectivity index (χ3n) is 3.10. The molecule has 1 heterocycles. The molecule has 0 aliphatic carbocycles. The van der Waals surface area contributed by atoms with E-state index in [2.05, 4.69) is 38.1 Å². The van der Waals surface area contributed by atoms with Crippen molar-refractivity contribution < 1.29 is 24.4 Å². The molecule has 0 aromatic heterocycles. The Morgan fingerprint density at radius 3 is 2.73 bits per heavy atom. The largest absolute Gasteiger partial charge is 0.495 e. The molecule has 1 aromatic rings. The smallest absolute Gasteiger partial charge is 0.215 e. The number of aliphatic hydroxyl groups is 1. The molecular weight excluding hydrogens is 284 g/mol. The summed E-state index contributed by atoms with van der Waals surface area (Å²) < 4.78 is 10.5. The van der Waals surface area contributed by atoms with Gasteiger partial charge in [0.2, 0.25) is 6.29 Å². The fraction of sp³-hybridized carbons (Fsp3) is 0.529. The van der Waals surface area contributed by atoms with E-state index in [-0.39, 0.29) is 19.5 Å². The molecule has 1 aliphatic rings. The fourth-order valence-electron chi connectivity index (χ4n) is 1.82. The van der Waals surface area contributed by atoms with Crippen molar-refractivity contribution in [3.05, 3.63) is 41.2 Å². The molecule has 2 atom stereocenters. The van der Waals surface area contributed by atoms with Gasteiger partial charge in [0.25, 0.3) is 0 Å². The number of aliphatic hydroxyl groups excluding tert-OH is 1. The number of hydrogen-bond acceptors (Lipinski definition) is 5. The third kappa shape index (κ3) is 6.58. The SMILES string of the molecule is CCC/C(=C\c1ccc(C)cc1)OCC(O)COOC1CO1. The van der Waals surface area contributed by atoms with Gasteiger partial charge in [-0.1, -0.05) is 36.8 Å². The average molecular weight is 308 g/mol. The van der Waals surface area contributed by atoms with E-state index in [4.69, 9.17) is 19.2 Å². The highest BCUT2D eigenvalue weighted by atomic mass is 17.2. The van der Waals surface area contributed by atoms with Crippen LogP contribution in [0.25, 0.3) is 6.08 Å². The summed E-state index contributed by atoms with van der Waals surface area (Å²) in [6.07, 6.45) is 2.80. The van der Waals surface area contributed by atoms with Crippen molar-refractivity contribution in [1.82, 2.24) is 0 Å². The highest BCUT2D eigenvalue weighted by molar-refractivity contribution is 5.51. The maximum Gasteiger partial charge on any atom is 0.215 e. The number of allylic oxidation sites excluding steroid dienone is 1. The van der Waals surface area contributed by atoms with Crippen LogP contribution in [0.5, 0.6) is 0 Å². The van der Waals surface area contributed by atoms with Crippen molar-refractivity contribution >= 4 is 6.08 Å². The van der Waals surface area contributed by atoms with Crippen molar-refractivity contribution in [1.29, 1.82) is 0 Å². The summed E-state index contributed by atoms with van der Waals surface area (Å²) in [6.45, 7) is 4.93. The summed E-state index contributed by atoms with van der Waals surface area (Å²) in [5.74, 6) is 0.858. The quantitative estimate of drug-likeness (QED) is 0.312. The van der Waals surface area contributed by atoms with Crippen molar-refractivity contribution in [3.63, 3.8) is 0 Å². The molecule has 0 saturated carbocycles. The third-order valence-corrected chi connectivity index (χ3v) is 3.10. The molecule has 0 spiro atoms. The van der Waals surface area contributed by atoms with Crippen LogP contribution in [0.1, 0.15) is 30.9 Å². The number of epoxide rings is 1.